The first kappa shape index (κ1) is 22.6. The zero-order valence-electron chi connectivity index (χ0n) is 21.7. The topological polar surface area (TPSA) is 0 Å². The van der Waals surface area contributed by atoms with E-state index in [9.17, 15) is 0 Å². The van der Waals surface area contributed by atoms with Crippen LogP contribution in [-0.2, 0) is 6.42 Å². The molecule has 1 heterocycles. The van der Waals surface area contributed by atoms with E-state index in [0.717, 1.165) is 6.42 Å². The number of aryl methyl sites for hydroxylation is 1. The van der Waals surface area contributed by atoms with Crippen LogP contribution < -0.4 is 0 Å². The second-order valence-electron chi connectivity index (χ2n) is 10.6. The SMILES string of the molecule is Cc1ccc2c(-c3ccc4ccccc4c3)c3ccccc3c(-c3ccc4c(c3)Cc3ccccc3S4)c2c1. The van der Waals surface area contributed by atoms with E-state index in [0.29, 0.717) is 0 Å². The van der Waals surface area contributed by atoms with Gasteiger partial charge >= 0.3 is 0 Å². The van der Waals surface area contributed by atoms with Crippen molar-refractivity contribution in [3.63, 3.8) is 0 Å². The van der Waals surface area contributed by atoms with Gasteiger partial charge in [-0.1, -0.05) is 120 Å². The van der Waals surface area contributed by atoms with Gasteiger partial charge in [0.15, 0.2) is 0 Å². The molecule has 1 heteroatoms. The molecule has 1 aliphatic heterocycles. The fourth-order valence-corrected chi connectivity index (χ4v) is 7.36. The molecule has 7 aromatic rings. The Balaban J connectivity index is 1.41. The molecule has 39 heavy (non-hydrogen) atoms. The van der Waals surface area contributed by atoms with Crippen LogP contribution in [0.4, 0.5) is 0 Å². The molecule has 0 unspecified atom stereocenters. The summed E-state index contributed by atoms with van der Waals surface area (Å²) in [5.74, 6) is 0. The number of rotatable bonds is 2. The summed E-state index contributed by atoms with van der Waals surface area (Å²) >= 11 is 1.90. The molecule has 0 saturated carbocycles. The maximum atomic E-state index is 2.44. The third-order valence-electron chi connectivity index (χ3n) is 8.14. The smallest absolute Gasteiger partial charge is 0.0158 e. The molecule has 0 amide bonds. The van der Waals surface area contributed by atoms with Crippen LogP contribution >= 0.6 is 11.8 Å². The monoisotopic (exact) mass is 514 g/mol. The highest BCUT2D eigenvalue weighted by Gasteiger charge is 2.20. The predicted octanol–water partition coefficient (Wildman–Crippen LogP) is 10.8. The quantitative estimate of drug-likeness (QED) is 0.207. The zero-order valence-corrected chi connectivity index (χ0v) is 22.6. The molecule has 0 saturated heterocycles. The Morgan fingerprint density at radius 3 is 1.97 bits per heavy atom. The van der Waals surface area contributed by atoms with Crippen molar-refractivity contribution in [1.82, 2.24) is 0 Å². The van der Waals surface area contributed by atoms with Gasteiger partial charge in [0.1, 0.15) is 0 Å². The van der Waals surface area contributed by atoms with Gasteiger partial charge in [-0.05, 0) is 103 Å². The van der Waals surface area contributed by atoms with Gasteiger partial charge in [-0.2, -0.15) is 0 Å². The second-order valence-corrected chi connectivity index (χ2v) is 11.7. The highest BCUT2D eigenvalue weighted by Crippen LogP contribution is 2.46. The molecule has 0 radical (unpaired) electrons. The van der Waals surface area contributed by atoms with Crippen molar-refractivity contribution < 1.29 is 0 Å². The molecular weight excluding hydrogens is 488 g/mol. The lowest BCUT2D eigenvalue weighted by Crippen LogP contribution is -2.00. The highest BCUT2D eigenvalue weighted by atomic mass is 32.2. The maximum absolute atomic E-state index is 2.44. The molecule has 0 bridgehead atoms. The lowest BCUT2D eigenvalue weighted by molar-refractivity contribution is 1.06. The van der Waals surface area contributed by atoms with Crippen LogP contribution in [0.5, 0.6) is 0 Å². The van der Waals surface area contributed by atoms with Crippen molar-refractivity contribution >= 4 is 44.1 Å². The Morgan fingerprint density at radius 1 is 0.462 bits per heavy atom. The average molecular weight is 515 g/mol. The molecular formula is C38H26S. The van der Waals surface area contributed by atoms with E-state index in [1.54, 1.807) is 0 Å². The van der Waals surface area contributed by atoms with Gasteiger partial charge in [0.2, 0.25) is 0 Å². The Labute approximate surface area is 232 Å². The van der Waals surface area contributed by atoms with E-state index >= 15 is 0 Å². The van der Waals surface area contributed by atoms with Gasteiger partial charge in [-0.25, -0.2) is 0 Å². The summed E-state index contributed by atoms with van der Waals surface area (Å²) in [6, 6.07) is 47.4. The lowest BCUT2D eigenvalue weighted by Gasteiger charge is -2.22. The number of benzene rings is 7. The Kier molecular flexibility index (Phi) is 5.15. The molecule has 0 spiro atoms. The molecule has 0 atom stereocenters. The standard InChI is InChI=1S/C38H26S/c1-24-14-18-33-34(20-24)38(29-17-19-36-30(23-29)22-27-10-4-7-13-35(27)39-36)32-12-6-5-11-31(32)37(33)28-16-15-25-8-2-3-9-26(25)21-28/h2-21,23H,22H2,1H3. The van der Waals surface area contributed by atoms with Crippen LogP contribution in [-0.4, -0.2) is 0 Å². The maximum Gasteiger partial charge on any atom is 0.0158 e. The molecule has 8 rings (SSSR count). The Hall–Kier alpha value is -4.33. The van der Waals surface area contributed by atoms with Crippen molar-refractivity contribution in [2.45, 2.75) is 23.1 Å². The van der Waals surface area contributed by atoms with Crippen molar-refractivity contribution in [2.75, 3.05) is 0 Å². The summed E-state index contributed by atoms with van der Waals surface area (Å²) in [5.41, 5.74) is 9.34. The van der Waals surface area contributed by atoms with Gasteiger partial charge in [0, 0.05) is 9.79 Å². The van der Waals surface area contributed by atoms with Gasteiger partial charge < -0.3 is 0 Å². The first-order valence-electron chi connectivity index (χ1n) is 13.6. The van der Waals surface area contributed by atoms with Crippen molar-refractivity contribution in [2.24, 2.45) is 0 Å². The van der Waals surface area contributed by atoms with Gasteiger partial charge in [0.25, 0.3) is 0 Å². The van der Waals surface area contributed by atoms with Crippen LogP contribution in [0.3, 0.4) is 0 Å². The van der Waals surface area contributed by atoms with Gasteiger partial charge in [-0.15, -0.1) is 0 Å². The fourth-order valence-electron chi connectivity index (χ4n) is 6.30. The van der Waals surface area contributed by atoms with E-state index in [1.165, 1.54) is 81.1 Å². The van der Waals surface area contributed by atoms with Gasteiger partial charge in [0.05, 0.1) is 0 Å². The van der Waals surface area contributed by atoms with E-state index < -0.39 is 0 Å². The first-order valence-corrected chi connectivity index (χ1v) is 14.4. The summed E-state index contributed by atoms with van der Waals surface area (Å²) in [5, 5.41) is 7.79. The summed E-state index contributed by atoms with van der Waals surface area (Å²) < 4.78 is 0. The zero-order chi connectivity index (χ0) is 25.9. The fraction of sp³-hybridized carbons (Fsp3) is 0.0526. The summed E-state index contributed by atoms with van der Waals surface area (Å²) in [6.07, 6.45) is 0.983. The van der Waals surface area contributed by atoms with Crippen molar-refractivity contribution in [3.05, 3.63) is 144 Å². The molecule has 184 valence electrons. The lowest BCUT2D eigenvalue weighted by atomic mass is 9.84. The van der Waals surface area contributed by atoms with Crippen LogP contribution in [0, 0.1) is 6.92 Å². The highest BCUT2D eigenvalue weighted by molar-refractivity contribution is 7.99. The van der Waals surface area contributed by atoms with E-state index in [2.05, 4.69) is 134 Å². The molecule has 0 aromatic heterocycles. The minimum atomic E-state index is 0.983. The van der Waals surface area contributed by atoms with E-state index in [-0.39, 0.29) is 0 Å². The normalized spacial score (nSPS) is 12.5. The van der Waals surface area contributed by atoms with Crippen LogP contribution in [0.25, 0.3) is 54.6 Å². The summed E-state index contributed by atoms with van der Waals surface area (Å²) in [6.45, 7) is 2.20. The predicted molar refractivity (Wildman–Crippen MR) is 168 cm³/mol. The van der Waals surface area contributed by atoms with E-state index in [4.69, 9.17) is 0 Å². The largest absolute Gasteiger partial charge is 0.0895 e. The molecule has 0 aliphatic carbocycles. The van der Waals surface area contributed by atoms with Crippen LogP contribution in [0.15, 0.2) is 137 Å². The molecule has 0 fully saturated rings. The van der Waals surface area contributed by atoms with Crippen LogP contribution in [0.2, 0.25) is 0 Å². The first-order chi connectivity index (χ1) is 19.2. The molecule has 1 aliphatic rings. The Morgan fingerprint density at radius 2 is 1.10 bits per heavy atom. The molecule has 0 nitrogen and oxygen atoms in total. The number of hydrogen-bond donors (Lipinski definition) is 0. The summed E-state index contributed by atoms with van der Waals surface area (Å²) in [4.78, 5) is 2.75. The van der Waals surface area contributed by atoms with Crippen LogP contribution in [0.1, 0.15) is 16.7 Å². The second kappa shape index (κ2) is 8.86. The summed E-state index contributed by atoms with van der Waals surface area (Å²) in [7, 11) is 0. The third-order valence-corrected chi connectivity index (χ3v) is 9.38. The minimum absolute atomic E-state index is 0.983. The van der Waals surface area contributed by atoms with E-state index in [1.807, 2.05) is 11.8 Å². The number of fused-ring (bicyclic) bond motifs is 5. The van der Waals surface area contributed by atoms with Crippen molar-refractivity contribution in [1.29, 1.82) is 0 Å². The molecule has 7 aromatic carbocycles. The Bertz CT molecular complexity index is 2080. The van der Waals surface area contributed by atoms with Crippen molar-refractivity contribution in [3.8, 4) is 22.3 Å². The van der Waals surface area contributed by atoms with Gasteiger partial charge in [-0.3, -0.25) is 0 Å². The number of hydrogen-bond acceptors (Lipinski definition) is 1. The minimum Gasteiger partial charge on any atom is -0.0895 e. The molecule has 0 N–H and O–H groups in total. The third kappa shape index (κ3) is 3.69. The average Bonchev–Trinajstić information content (AvgIpc) is 2.98.